The summed E-state index contributed by atoms with van der Waals surface area (Å²) in [5, 5.41) is 3.48. The van der Waals surface area contributed by atoms with Gasteiger partial charge in [-0.15, -0.1) is 0 Å². The molecule has 0 bridgehead atoms. The van der Waals surface area contributed by atoms with Crippen LogP contribution in [-0.4, -0.2) is 34.6 Å². The van der Waals surface area contributed by atoms with Gasteiger partial charge in [0.15, 0.2) is 5.79 Å². The highest BCUT2D eigenvalue weighted by Crippen LogP contribution is 2.23. The summed E-state index contributed by atoms with van der Waals surface area (Å²) >= 11 is 0. The third kappa shape index (κ3) is 2.84. The summed E-state index contributed by atoms with van der Waals surface area (Å²) < 4.78 is 13.3. The minimum absolute atomic E-state index is 0.146. The first-order valence-corrected chi connectivity index (χ1v) is 6.76. The maximum Gasteiger partial charge on any atom is 0.162 e. The summed E-state index contributed by atoms with van der Waals surface area (Å²) in [5.41, 5.74) is 2.11. The normalized spacial score (nSPS) is 18.9. The van der Waals surface area contributed by atoms with Gasteiger partial charge in [0.1, 0.15) is 0 Å². The summed E-state index contributed by atoms with van der Waals surface area (Å²) in [6, 6.07) is 8.27. The lowest BCUT2D eigenvalue weighted by molar-refractivity contribution is -0.247. The fourth-order valence-corrected chi connectivity index (χ4v) is 2.22. The summed E-state index contributed by atoms with van der Waals surface area (Å²) in [6.07, 6.45) is 5.49. The number of nitrogens with zero attached hydrogens (tertiary/aromatic N) is 2. The van der Waals surface area contributed by atoms with Gasteiger partial charge < -0.3 is 19.4 Å². The van der Waals surface area contributed by atoms with Gasteiger partial charge in [0, 0.05) is 12.4 Å². The van der Waals surface area contributed by atoms with E-state index in [1.165, 1.54) is 0 Å². The molecule has 3 rings (SSSR count). The SMILES string of the molecule is CC1(C)OCC(Nc2ccccc2-n2ccnc2)CO1. The molecule has 20 heavy (non-hydrogen) atoms. The van der Waals surface area contributed by atoms with E-state index in [2.05, 4.69) is 22.4 Å². The van der Waals surface area contributed by atoms with E-state index < -0.39 is 5.79 Å². The monoisotopic (exact) mass is 273 g/mol. The quantitative estimate of drug-likeness (QED) is 0.933. The van der Waals surface area contributed by atoms with Crippen LogP contribution in [0.5, 0.6) is 0 Å². The van der Waals surface area contributed by atoms with Crippen molar-refractivity contribution in [1.82, 2.24) is 9.55 Å². The van der Waals surface area contributed by atoms with Crippen LogP contribution in [0.15, 0.2) is 43.0 Å². The predicted molar refractivity (Wildman–Crippen MR) is 77.0 cm³/mol. The Hall–Kier alpha value is -1.85. The lowest BCUT2D eigenvalue weighted by Crippen LogP contribution is -2.45. The molecule has 1 aromatic carbocycles. The fraction of sp³-hybridized carbons (Fsp3) is 0.400. The van der Waals surface area contributed by atoms with Crippen LogP contribution in [0.1, 0.15) is 13.8 Å². The second-order valence-corrected chi connectivity index (χ2v) is 5.35. The smallest absolute Gasteiger partial charge is 0.162 e. The Labute approximate surface area is 118 Å². The van der Waals surface area contributed by atoms with Gasteiger partial charge in [-0.1, -0.05) is 12.1 Å². The number of ether oxygens (including phenoxy) is 2. The van der Waals surface area contributed by atoms with Crippen molar-refractivity contribution in [3.05, 3.63) is 43.0 Å². The Bertz CT molecular complexity index is 556. The van der Waals surface area contributed by atoms with Crippen LogP contribution < -0.4 is 5.32 Å². The minimum Gasteiger partial charge on any atom is -0.376 e. The number of hydrogen-bond acceptors (Lipinski definition) is 4. The van der Waals surface area contributed by atoms with Crippen LogP contribution >= 0.6 is 0 Å². The third-order valence-electron chi connectivity index (χ3n) is 3.31. The summed E-state index contributed by atoms with van der Waals surface area (Å²) in [4.78, 5) is 4.09. The average Bonchev–Trinajstić information content (AvgIpc) is 2.96. The van der Waals surface area contributed by atoms with E-state index in [9.17, 15) is 0 Å². The van der Waals surface area contributed by atoms with E-state index >= 15 is 0 Å². The Morgan fingerprint density at radius 1 is 1.25 bits per heavy atom. The Kier molecular flexibility index (Phi) is 3.46. The molecule has 0 unspecified atom stereocenters. The van der Waals surface area contributed by atoms with E-state index in [0.29, 0.717) is 13.2 Å². The Morgan fingerprint density at radius 3 is 2.70 bits per heavy atom. The summed E-state index contributed by atoms with van der Waals surface area (Å²) in [5.74, 6) is -0.484. The number of hydrogen-bond donors (Lipinski definition) is 1. The number of aromatic nitrogens is 2. The van der Waals surface area contributed by atoms with Gasteiger partial charge in [-0.2, -0.15) is 0 Å². The van der Waals surface area contributed by atoms with Gasteiger partial charge >= 0.3 is 0 Å². The Morgan fingerprint density at radius 2 is 2.00 bits per heavy atom. The van der Waals surface area contributed by atoms with Gasteiger partial charge in [-0.05, 0) is 26.0 Å². The molecule has 5 heteroatoms. The van der Waals surface area contributed by atoms with Crippen LogP contribution in [0.4, 0.5) is 5.69 Å². The zero-order valence-electron chi connectivity index (χ0n) is 11.7. The molecule has 1 aromatic heterocycles. The van der Waals surface area contributed by atoms with Gasteiger partial charge in [0.2, 0.25) is 0 Å². The first-order valence-electron chi connectivity index (χ1n) is 6.76. The molecule has 2 heterocycles. The molecular formula is C15H19N3O2. The molecular weight excluding hydrogens is 254 g/mol. The van der Waals surface area contributed by atoms with Crippen molar-refractivity contribution >= 4 is 5.69 Å². The number of nitrogens with one attached hydrogen (secondary N) is 1. The molecule has 0 saturated carbocycles. The van der Waals surface area contributed by atoms with Crippen LogP contribution in [0, 0.1) is 0 Å². The predicted octanol–water partition coefficient (Wildman–Crippen LogP) is 2.44. The fourth-order valence-electron chi connectivity index (χ4n) is 2.22. The molecule has 106 valence electrons. The van der Waals surface area contributed by atoms with Gasteiger partial charge in [0.05, 0.1) is 37.0 Å². The van der Waals surface area contributed by atoms with Crippen molar-refractivity contribution in [3.63, 3.8) is 0 Å². The third-order valence-corrected chi connectivity index (χ3v) is 3.31. The number of imidazole rings is 1. The van der Waals surface area contributed by atoms with E-state index in [4.69, 9.17) is 9.47 Å². The summed E-state index contributed by atoms with van der Waals surface area (Å²) in [6.45, 7) is 5.13. The lowest BCUT2D eigenvalue weighted by atomic mass is 10.2. The molecule has 0 atom stereocenters. The lowest BCUT2D eigenvalue weighted by Gasteiger charge is -2.35. The summed E-state index contributed by atoms with van der Waals surface area (Å²) in [7, 11) is 0. The van der Waals surface area contributed by atoms with Crippen molar-refractivity contribution in [1.29, 1.82) is 0 Å². The zero-order valence-corrected chi connectivity index (χ0v) is 11.7. The van der Waals surface area contributed by atoms with Crippen molar-refractivity contribution in [3.8, 4) is 5.69 Å². The van der Waals surface area contributed by atoms with Gasteiger partial charge in [0.25, 0.3) is 0 Å². The van der Waals surface area contributed by atoms with Gasteiger partial charge in [-0.3, -0.25) is 0 Å². The molecule has 0 amide bonds. The van der Waals surface area contributed by atoms with Crippen molar-refractivity contribution in [2.75, 3.05) is 18.5 Å². The zero-order chi connectivity index (χ0) is 14.0. The number of anilines is 1. The first kappa shape index (κ1) is 13.1. The molecule has 0 radical (unpaired) electrons. The first-order chi connectivity index (χ1) is 9.64. The second kappa shape index (κ2) is 5.26. The highest BCUT2D eigenvalue weighted by Gasteiger charge is 2.28. The van der Waals surface area contributed by atoms with Crippen molar-refractivity contribution in [2.45, 2.75) is 25.7 Å². The minimum atomic E-state index is -0.484. The number of benzene rings is 1. The van der Waals surface area contributed by atoms with Crippen molar-refractivity contribution < 1.29 is 9.47 Å². The number of para-hydroxylation sites is 2. The van der Waals surface area contributed by atoms with E-state index in [1.807, 2.05) is 36.7 Å². The highest BCUT2D eigenvalue weighted by atomic mass is 16.7. The van der Waals surface area contributed by atoms with Crippen LogP contribution in [0.3, 0.4) is 0 Å². The second-order valence-electron chi connectivity index (χ2n) is 5.35. The molecule has 1 saturated heterocycles. The molecule has 1 fully saturated rings. The van der Waals surface area contributed by atoms with Crippen LogP contribution in [0.25, 0.3) is 5.69 Å². The molecule has 1 aliphatic rings. The highest BCUT2D eigenvalue weighted by molar-refractivity contribution is 5.61. The van der Waals surface area contributed by atoms with Crippen LogP contribution in [-0.2, 0) is 9.47 Å². The molecule has 5 nitrogen and oxygen atoms in total. The Balaban J connectivity index is 1.75. The molecule has 1 aliphatic heterocycles. The van der Waals surface area contributed by atoms with Crippen LogP contribution in [0.2, 0.25) is 0 Å². The van der Waals surface area contributed by atoms with Gasteiger partial charge in [-0.25, -0.2) is 4.98 Å². The molecule has 0 spiro atoms. The van der Waals surface area contributed by atoms with E-state index in [0.717, 1.165) is 11.4 Å². The standard InChI is InChI=1S/C15H19N3O2/c1-15(2)19-9-12(10-20-15)17-13-5-3-4-6-14(13)18-8-7-16-11-18/h3-8,11-12,17H,9-10H2,1-2H3. The van der Waals surface area contributed by atoms with Crippen molar-refractivity contribution in [2.24, 2.45) is 0 Å². The van der Waals surface area contributed by atoms with E-state index in [-0.39, 0.29) is 6.04 Å². The average molecular weight is 273 g/mol. The molecule has 0 aliphatic carbocycles. The molecule has 1 N–H and O–H groups in total. The largest absolute Gasteiger partial charge is 0.376 e. The topological polar surface area (TPSA) is 48.3 Å². The van der Waals surface area contributed by atoms with E-state index in [1.54, 1.807) is 12.5 Å². The number of rotatable bonds is 3. The molecule has 2 aromatic rings. The maximum absolute atomic E-state index is 5.68. The maximum atomic E-state index is 5.68.